The lowest BCUT2D eigenvalue weighted by Gasteiger charge is -2.30. The van der Waals surface area contributed by atoms with E-state index in [1.54, 1.807) is 25.1 Å². The van der Waals surface area contributed by atoms with Gasteiger partial charge in [-0.25, -0.2) is 14.8 Å². The van der Waals surface area contributed by atoms with Crippen LogP contribution in [0, 0.1) is 19.8 Å². The quantitative estimate of drug-likeness (QED) is 0.835. The van der Waals surface area contributed by atoms with E-state index in [2.05, 4.69) is 22.2 Å². The number of carbonyl (C=O) groups excluding carboxylic acids is 2. The van der Waals surface area contributed by atoms with Gasteiger partial charge in [0.25, 0.3) is 5.91 Å². The van der Waals surface area contributed by atoms with Gasteiger partial charge in [0.2, 0.25) is 0 Å². The van der Waals surface area contributed by atoms with Gasteiger partial charge in [-0.3, -0.25) is 4.79 Å². The average Bonchev–Trinajstić information content (AvgIpc) is 2.64. The summed E-state index contributed by atoms with van der Waals surface area (Å²) in [5.41, 5.74) is 3.42. The van der Waals surface area contributed by atoms with Crippen molar-refractivity contribution < 1.29 is 14.3 Å². The lowest BCUT2D eigenvalue weighted by molar-refractivity contribution is -0.130. The molecule has 0 spiro atoms. The Labute approximate surface area is 159 Å². The first-order valence-corrected chi connectivity index (χ1v) is 9.61. The van der Waals surface area contributed by atoms with Gasteiger partial charge in [0.15, 0.2) is 6.10 Å². The van der Waals surface area contributed by atoms with Gasteiger partial charge >= 0.3 is 5.97 Å². The second-order valence-corrected chi connectivity index (χ2v) is 7.52. The maximum atomic E-state index is 12.5. The van der Waals surface area contributed by atoms with Crippen LogP contribution in [0.5, 0.6) is 0 Å². The molecule has 1 N–H and O–H groups in total. The minimum absolute atomic E-state index is 0.162. The van der Waals surface area contributed by atoms with Crippen molar-refractivity contribution in [2.45, 2.75) is 65.5 Å². The second-order valence-electron chi connectivity index (χ2n) is 7.52. The van der Waals surface area contributed by atoms with Crippen LogP contribution in [0.2, 0.25) is 0 Å². The predicted molar refractivity (Wildman–Crippen MR) is 103 cm³/mol. The van der Waals surface area contributed by atoms with E-state index in [0.717, 1.165) is 36.2 Å². The van der Waals surface area contributed by atoms with Crippen molar-refractivity contribution in [3.05, 3.63) is 35.2 Å². The van der Waals surface area contributed by atoms with Gasteiger partial charge in [-0.1, -0.05) is 19.8 Å². The monoisotopic (exact) mass is 369 g/mol. The van der Waals surface area contributed by atoms with Gasteiger partial charge in [0.1, 0.15) is 0 Å². The Morgan fingerprint density at radius 1 is 1.11 bits per heavy atom. The molecule has 1 aliphatic carbocycles. The number of ether oxygens (including phenoxy) is 1. The third kappa shape index (κ3) is 4.43. The van der Waals surface area contributed by atoms with E-state index in [0.29, 0.717) is 17.0 Å². The molecule has 0 unspecified atom stereocenters. The summed E-state index contributed by atoms with van der Waals surface area (Å²) in [7, 11) is 0. The van der Waals surface area contributed by atoms with Crippen LogP contribution in [0.3, 0.4) is 0 Å². The highest BCUT2D eigenvalue weighted by atomic mass is 16.5. The molecule has 1 aromatic carbocycles. The standard InChI is InChI=1S/C21H27N3O3/c1-12-7-5-6-8-17(12)24-20(25)15(4)27-21(26)16-9-10-18-19(11-16)23-14(3)13(2)22-18/h9-12,15,17H,5-8H2,1-4H3,(H,24,25)/t12-,15+,17-/m0/s1. The summed E-state index contributed by atoms with van der Waals surface area (Å²) in [4.78, 5) is 33.8. The van der Waals surface area contributed by atoms with Gasteiger partial charge in [-0.05, 0) is 57.7 Å². The molecule has 1 heterocycles. The van der Waals surface area contributed by atoms with E-state index in [4.69, 9.17) is 4.74 Å². The summed E-state index contributed by atoms with van der Waals surface area (Å²) < 4.78 is 5.38. The van der Waals surface area contributed by atoms with Crippen LogP contribution in [0.4, 0.5) is 0 Å². The number of esters is 1. The van der Waals surface area contributed by atoms with Gasteiger partial charge < -0.3 is 10.1 Å². The Morgan fingerprint density at radius 2 is 1.78 bits per heavy atom. The van der Waals surface area contributed by atoms with Crippen molar-refractivity contribution >= 4 is 22.9 Å². The number of benzene rings is 1. The zero-order chi connectivity index (χ0) is 19.6. The van der Waals surface area contributed by atoms with Crippen molar-refractivity contribution in [2.24, 2.45) is 5.92 Å². The first-order valence-electron chi connectivity index (χ1n) is 9.61. The third-order valence-corrected chi connectivity index (χ3v) is 5.40. The number of amides is 1. The molecule has 6 heteroatoms. The van der Waals surface area contributed by atoms with E-state index >= 15 is 0 Å². The number of carbonyl (C=O) groups is 2. The Bertz CT molecular complexity index is 865. The van der Waals surface area contributed by atoms with Gasteiger partial charge in [-0.15, -0.1) is 0 Å². The Hall–Kier alpha value is -2.50. The molecule has 1 aliphatic rings. The zero-order valence-electron chi connectivity index (χ0n) is 16.4. The molecule has 27 heavy (non-hydrogen) atoms. The first-order chi connectivity index (χ1) is 12.8. The molecular weight excluding hydrogens is 342 g/mol. The average molecular weight is 369 g/mol. The minimum atomic E-state index is -0.840. The van der Waals surface area contributed by atoms with E-state index in [1.807, 2.05) is 13.8 Å². The number of fused-ring (bicyclic) bond motifs is 1. The molecule has 3 atom stereocenters. The molecule has 0 saturated heterocycles. The summed E-state index contributed by atoms with van der Waals surface area (Å²) in [5, 5.41) is 3.03. The molecule has 1 fully saturated rings. The second kappa shape index (κ2) is 8.03. The fourth-order valence-corrected chi connectivity index (χ4v) is 3.47. The van der Waals surface area contributed by atoms with E-state index in [-0.39, 0.29) is 11.9 Å². The van der Waals surface area contributed by atoms with Crippen molar-refractivity contribution in [1.29, 1.82) is 0 Å². The van der Waals surface area contributed by atoms with Gasteiger partial charge in [0, 0.05) is 6.04 Å². The largest absolute Gasteiger partial charge is 0.449 e. The predicted octanol–water partition coefficient (Wildman–Crippen LogP) is 3.49. The van der Waals surface area contributed by atoms with Crippen LogP contribution >= 0.6 is 0 Å². The summed E-state index contributed by atoms with van der Waals surface area (Å²) >= 11 is 0. The SMILES string of the molecule is Cc1nc2ccc(C(=O)O[C@H](C)C(=O)N[C@H]3CCCC[C@@H]3C)cc2nc1C. The first kappa shape index (κ1) is 19.3. The van der Waals surface area contributed by atoms with Crippen LogP contribution in [-0.2, 0) is 9.53 Å². The van der Waals surface area contributed by atoms with Crippen LogP contribution in [0.25, 0.3) is 11.0 Å². The maximum Gasteiger partial charge on any atom is 0.338 e. The lowest BCUT2D eigenvalue weighted by atomic mass is 9.86. The topological polar surface area (TPSA) is 81.2 Å². The van der Waals surface area contributed by atoms with Crippen LogP contribution in [0.15, 0.2) is 18.2 Å². The van der Waals surface area contributed by atoms with E-state index in [1.165, 1.54) is 6.42 Å². The number of hydrogen-bond acceptors (Lipinski definition) is 5. The summed E-state index contributed by atoms with van der Waals surface area (Å²) in [6, 6.07) is 5.22. The van der Waals surface area contributed by atoms with Crippen molar-refractivity contribution in [3.63, 3.8) is 0 Å². The molecule has 2 aromatic rings. The number of hydrogen-bond donors (Lipinski definition) is 1. The maximum absolute atomic E-state index is 12.5. The molecule has 144 valence electrons. The summed E-state index contributed by atoms with van der Waals surface area (Å²) in [6.45, 7) is 7.54. The minimum Gasteiger partial charge on any atom is -0.449 e. The van der Waals surface area contributed by atoms with Crippen molar-refractivity contribution in [1.82, 2.24) is 15.3 Å². The Balaban J connectivity index is 1.66. The fraction of sp³-hybridized carbons (Fsp3) is 0.524. The molecule has 0 bridgehead atoms. The van der Waals surface area contributed by atoms with Crippen molar-refractivity contribution in [2.75, 3.05) is 0 Å². The Morgan fingerprint density at radius 3 is 2.48 bits per heavy atom. The molecule has 0 aliphatic heterocycles. The van der Waals surface area contributed by atoms with E-state index in [9.17, 15) is 9.59 Å². The van der Waals surface area contributed by atoms with Crippen LogP contribution in [0.1, 0.15) is 61.3 Å². The number of nitrogens with one attached hydrogen (secondary N) is 1. The molecule has 3 rings (SSSR count). The smallest absolute Gasteiger partial charge is 0.338 e. The number of aromatic nitrogens is 2. The lowest BCUT2D eigenvalue weighted by Crippen LogP contribution is -2.45. The number of nitrogens with zero attached hydrogens (tertiary/aromatic N) is 2. The summed E-state index contributed by atoms with van der Waals surface area (Å²) in [5.74, 6) is -0.318. The number of rotatable bonds is 4. The molecular formula is C21H27N3O3. The Kier molecular flexibility index (Phi) is 5.73. The highest BCUT2D eigenvalue weighted by molar-refractivity contribution is 5.95. The molecule has 1 saturated carbocycles. The molecule has 1 aromatic heterocycles. The third-order valence-electron chi connectivity index (χ3n) is 5.40. The zero-order valence-corrected chi connectivity index (χ0v) is 16.4. The van der Waals surface area contributed by atoms with Crippen LogP contribution < -0.4 is 5.32 Å². The van der Waals surface area contributed by atoms with Gasteiger partial charge in [-0.2, -0.15) is 0 Å². The van der Waals surface area contributed by atoms with Crippen molar-refractivity contribution in [3.8, 4) is 0 Å². The highest BCUT2D eigenvalue weighted by Gasteiger charge is 2.26. The molecule has 6 nitrogen and oxygen atoms in total. The highest BCUT2D eigenvalue weighted by Crippen LogP contribution is 2.24. The van der Waals surface area contributed by atoms with Gasteiger partial charge in [0.05, 0.1) is 28.0 Å². The molecule has 1 amide bonds. The molecule has 0 radical (unpaired) electrons. The normalized spacial score (nSPS) is 20.9. The number of aryl methyl sites for hydroxylation is 2. The van der Waals surface area contributed by atoms with E-state index < -0.39 is 12.1 Å². The summed E-state index contributed by atoms with van der Waals surface area (Å²) in [6.07, 6.45) is 3.60. The fourth-order valence-electron chi connectivity index (χ4n) is 3.47. The van der Waals surface area contributed by atoms with Crippen LogP contribution in [-0.4, -0.2) is 34.0 Å².